The van der Waals surface area contributed by atoms with Gasteiger partial charge in [-0.3, -0.25) is 9.97 Å². The second-order valence-corrected chi connectivity index (χ2v) is 9.17. The summed E-state index contributed by atoms with van der Waals surface area (Å²) in [5.74, 6) is -0.360. The molecule has 0 aliphatic carbocycles. The summed E-state index contributed by atoms with van der Waals surface area (Å²) in [5.41, 5.74) is 6.53. The van der Waals surface area contributed by atoms with Gasteiger partial charge in [0.05, 0.1) is 42.7 Å². The molecule has 1 aromatic carbocycles. The van der Waals surface area contributed by atoms with Crippen LogP contribution in [-0.4, -0.2) is 37.6 Å². The smallest absolute Gasteiger partial charge is 0.337 e. The molecule has 0 unspecified atom stereocenters. The van der Waals surface area contributed by atoms with E-state index < -0.39 is 0 Å². The Morgan fingerprint density at radius 1 is 1.03 bits per heavy atom. The van der Waals surface area contributed by atoms with Crippen LogP contribution in [0.3, 0.4) is 0 Å². The Balaban J connectivity index is 1.61. The lowest BCUT2D eigenvalue weighted by molar-refractivity contribution is 0.0600. The Labute approximate surface area is 215 Å². The van der Waals surface area contributed by atoms with Crippen LogP contribution in [0, 0.1) is 13.8 Å². The summed E-state index contributed by atoms with van der Waals surface area (Å²) in [6.07, 6.45) is 3.60. The lowest BCUT2D eigenvalue weighted by Crippen LogP contribution is -2.29. The van der Waals surface area contributed by atoms with Crippen LogP contribution in [0.15, 0.2) is 79.1 Å². The fourth-order valence-corrected chi connectivity index (χ4v) is 5.26. The van der Waals surface area contributed by atoms with Gasteiger partial charge < -0.3 is 19.5 Å². The van der Waals surface area contributed by atoms with Crippen molar-refractivity contribution in [3.8, 4) is 5.69 Å². The normalized spacial score (nSPS) is 17.2. The van der Waals surface area contributed by atoms with E-state index in [4.69, 9.17) is 17.0 Å². The molecule has 1 saturated heterocycles. The summed E-state index contributed by atoms with van der Waals surface area (Å²) in [4.78, 5) is 23.5. The molecule has 1 aliphatic rings. The maximum atomic E-state index is 12.2. The summed E-state index contributed by atoms with van der Waals surface area (Å²) >= 11 is 5.83. The highest BCUT2D eigenvalue weighted by molar-refractivity contribution is 7.80. The van der Waals surface area contributed by atoms with Gasteiger partial charge in [0.15, 0.2) is 5.11 Å². The number of aryl methyl sites for hydroxylation is 1. The van der Waals surface area contributed by atoms with Gasteiger partial charge in [-0.25, -0.2) is 4.79 Å². The third-order valence-electron chi connectivity index (χ3n) is 6.57. The summed E-state index contributed by atoms with van der Waals surface area (Å²) in [6, 6.07) is 21.3. The fraction of sp³-hybridized carbons (Fsp3) is 0.214. The van der Waals surface area contributed by atoms with Crippen LogP contribution in [0.5, 0.6) is 0 Å². The van der Waals surface area contributed by atoms with Crippen molar-refractivity contribution in [2.45, 2.75) is 32.5 Å². The fourth-order valence-electron chi connectivity index (χ4n) is 4.95. The first-order valence-electron chi connectivity index (χ1n) is 11.7. The molecule has 36 heavy (non-hydrogen) atoms. The molecule has 4 aromatic rings. The highest BCUT2D eigenvalue weighted by Gasteiger charge is 2.41. The molecule has 2 atom stereocenters. The quantitative estimate of drug-likeness (QED) is 0.302. The van der Waals surface area contributed by atoms with Gasteiger partial charge >= 0.3 is 5.97 Å². The molecule has 182 valence electrons. The average molecular weight is 498 g/mol. The zero-order valence-corrected chi connectivity index (χ0v) is 21.2. The van der Waals surface area contributed by atoms with Gasteiger partial charge in [0.1, 0.15) is 0 Å². The molecule has 0 amide bonds. The molecule has 1 aliphatic heterocycles. The first kappa shape index (κ1) is 23.7. The highest BCUT2D eigenvalue weighted by Crippen LogP contribution is 2.42. The molecule has 0 spiro atoms. The topological polar surface area (TPSA) is 72.3 Å². The van der Waals surface area contributed by atoms with Crippen LogP contribution in [0.2, 0.25) is 0 Å². The predicted octanol–water partition coefficient (Wildman–Crippen LogP) is 4.84. The van der Waals surface area contributed by atoms with E-state index in [1.807, 2.05) is 54.6 Å². The Morgan fingerprint density at radius 2 is 1.81 bits per heavy atom. The number of aromatic nitrogens is 3. The highest BCUT2D eigenvalue weighted by atomic mass is 32.1. The molecule has 7 nitrogen and oxygen atoms in total. The van der Waals surface area contributed by atoms with E-state index in [0.29, 0.717) is 17.2 Å². The van der Waals surface area contributed by atoms with E-state index >= 15 is 0 Å². The maximum absolute atomic E-state index is 12.2. The van der Waals surface area contributed by atoms with Gasteiger partial charge in [-0.2, -0.15) is 0 Å². The molecule has 3 aromatic heterocycles. The number of pyridine rings is 2. The number of carbonyl (C=O) groups is 1. The Hall–Kier alpha value is -4.04. The van der Waals surface area contributed by atoms with Crippen LogP contribution in [-0.2, 0) is 11.3 Å². The monoisotopic (exact) mass is 497 g/mol. The van der Waals surface area contributed by atoms with Gasteiger partial charge in [-0.05, 0) is 80.2 Å². The summed E-state index contributed by atoms with van der Waals surface area (Å²) < 4.78 is 7.09. The number of hydrogen-bond acceptors (Lipinski definition) is 5. The maximum Gasteiger partial charge on any atom is 0.337 e. The summed E-state index contributed by atoms with van der Waals surface area (Å²) in [6.45, 7) is 4.74. The SMILES string of the molecule is COC(=O)c1cccc(-n2c(C)cc([C@H]3[C@@H](c4ccccn4)NC(=S)N3Cc3ccccn3)c2C)c1. The molecule has 5 rings (SSSR count). The van der Waals surface area contributed by atoms with Crippen molar-refractivity contribution in [3.63, 3.8) is 0 Å². The van der Waals surface area contributed by atoms with Crippen LogP contribution in [0.1, 0.15) is 50.8 Å². The number of nitrogens with one attached hydrogen (secondary N) is 1. The summed E-state index contributed by atoms with van der Waals surface area (Å²) in [7, 11) is 1.39. The number of methoxy groups -OCH3 is 1. The Kier molecular flexibility index (Phi) is 6.52. The molecule has 1 N–H and O–H groups in total. The van der Waals surface area contributed by atoms with Crippen molar-refractivity contribution in [3.05, 3.63) is 113 Å². The molecule has 1 fully saturated rings. The predicted molar refractivity (Wildman–Crippen MR) is 142 cm³/mol. The van der Waals surface area contributed by atoms with Gasteiger partial charge in [0.25, 0.3) is 0 Å². The van der Waals surface area contributed by atoms with Crippen molar-refractivity contribution in [1.29, 1.82) is 0 Å². The van der Waals surface area contributed by atoms with Crippen LogP contribution in [0.4, 0.5) is 0 Å². The van der Waals surface area contributed by atoms with E-state index in [1.54, 1.807) is 18.5 Å². The number of benzene rings is 1. The van der Waals surface area contributed by atoms with Crippen molar-refractivity contribution in [2.75, 3.05) is 7.11 Å². The minimum Gasteiger partial charge on any atom is -0.465 e. The molecule has 8 heteroatoms. The number of nitrogens with zero attached hydrogens (tertiary/aromatic N) is 4. The van der Waals surface area contributed by atoms with E-state index in [-0.39, 0.29) is 18.1 Å². The summed E-state index contributed by atoms with van der Waals surface area (Å²) in [5, 5.41) is 4.18. The third-order valence-corrected chi connectivity index (χ3v) is 6.92. The Morgan fingerprint density at radius 3 is 2.50 bits per heavy atom. The zero-order chi connectivity index (χ0) is 25.2. The number of esters is 1. The molecular weight excluding hydrogens is 470 g/mol. The van der Waals surface area contributed by atoms with E-state index in [0.717, 1.165) is 34.0 Å². The van der Waals surface area contributed by atoms with Crippen molar-refractivity contribution < 1.29 is 9.53 Å². The van der Waals surface area contributed by atoms with Crippen LogP contribution in [0.25, 0.3) is 5.69 Å². The second-order valence-electron chi connectivity index (χ2n) is 8.78. The van der Waals surface area contributed by atoms with E-state index in [9.17, 15) is 4.79 Å². The molecule has 0 saturated carbocycles. The number of thiocarbonyl (C=S) groups is 1. The lowest BCUT2D eigenvalue weighted by atomic mass is 9.96. The minimum absolute atomic E-state index is 0.0989. The first-order chi connectivity index (χ1) is 17.5. The number of ether oxygens (including phenoxy) is 1. The van der Waals surface area contributed by atoms with Gasteiger partial charge in [0, 0.05) is 29.5 Å². The minimum atomic E-state index is -0.360. The molecule has 4 heterocycles. The van der Waals surface area contributed by atoms with Gasteiger partial charge in [-0.1, -0.05) is 18.2 Å². The molecule has 0 radical (unpaired) electrons. The second kappa shape index (κ2) is 9.91. The third kappa shape index (κ3) is 4.35. The number of hydrogen-bond donors (Lipinski definition) is 1. The van der Waals surface area contributed by atoms with Crippen LogP contribution < -0.4 is 5.32 Å². The van der Waals surface area contributed by atoms with Crippen LogP contribution >= 0.6 is 12.2 Å². The standard InChI is InChI=1S/C28H27N5O2S/c1-18-15-23(19(2)33(18)22-11-8-9-20(16-22)27(34)35-3)26-25(24-12-5-7-14-30-24)31-28(36)32(26)17-21-10-4-6-13-29-21/h4-16,25-26H,17H2,1-3H3,(H,31,36)/t25-,26+/m1/s1. The Bertz CT molecular complexity index is 1400. The first-order valence-corrected chi connectivity index (χ1v) is 12.1. The van der Waals surface area contributed by atoms with Crippen molar-refractivity contribution in [1.82, 2.24) is 24.8 Å². The lowest BCUT2D eigenvalue weighted by Gasteiger charge is -2.28. The van der Waals surface area contributed by atoms with Gasteiger partial charge in [0.2, 0.25) is 0 Å². The number of rotatable bonds is 6. The average Bonchev–Trinajstić information content (AvgIpc) is 3.39. The number of carbonyl (C=O) groups excluding carboxylic acids is 1. The van der Waals surface area contributed by atoms with E-state index in [2.05, 4.69) is 44.7 Å². The molecular formula is C28H27N5O2S. The zero-order valence-electron chi connectivity index (χ0n) is 20.4. The van der Waals surface area contributed by atoms with Crippen molar-refractivity contribution >= 4 is 23.3 Å². The van der Waals surface area contributed by atoms with E-state index in [1.165, 1.54) is 7.11 Å². The largest absolute Gasteiger partial charge is 0.465 e. The van der Waals surface area contributed by atoms with Crippen molar-refractivity contribution in [2.24, 2.45) is 0 Å². The van der Waals surface area contributed by atoms with Gasteiger partial charge in [-0.15, -0.1) is 0 Å². The molecule has 0 bridgehead atoms.